The molecule has 0 bridgehead atoms. The maximum Gasteiger partial charge on any atom is 0.266 e. The minimum atomic E-state index is -0.123. The van der Waals surface area contributed by atoms with E-state index in [9.17, 15) is 4.79 Å². The number of halogens is 1. The number of benzene rings is 3. The highest BCUT2D eigenvalue weighted by atomic mass is 35.5. The molecular formula is C25H20ClNO3S2. The molecule has 162 valence electrons. The Morgan fingerprint density at radius 3 is 2.38 bits per heavy atom. The molecule has 4 rings (SSSR count). The van der Waals surface area contributed by atoms with Crippen molar-refractivity contribution in [3.63, 3.8) is 0 Å². The number of hydrogen-bond donors (Lipinski definition) is 0. The van der Waals surface area contributed by atoms with Crippen LogP contribution >= 0.6 is 35.6 Å². The normalized spacial score (nSPS) is 14.8. The first-order valence-corrected chi connectivity index (χ1v) is 11.6. The molecule has 1 amide bonds. The van der Waals surface area contributed by atoms with Crippen molar-refractivity contribution in [2.75, 3.05) is 13.2 Å². The fourth-order valence-corrected chi connectivity index (χ4v) is 4.56. The summed E-state index contributed by atoms with van der Waals surface area (Å²) in [5, 5.41) is 0.559. The minimum Gasteiger partial charge on any atom is -0.490 e. The van der Waals surface area contributed by atoms with Gasteiger partial charge in [0.05, 0.1) is 11.4 Å². The van der Waals surface area contributed by atoms with Gasteiger partial charge >= 0.3 is 0 Å². The van der Waals surface area contributed by atoms with E-state index in [1.54, 1.807) is 29.2 Å². The van der Waals surface area contributed by atoms with Crippen molar-refractivity contribution in [1.29, 1.82) is 0 Å². The molecule has 1 aliphatic heterocycles. The van der Waals surface area contributed by atoms with Crippen molar-refractivity contribution in [2.45, 2.75) is 6.54 Å². The van der Waals surface area contributed by atoms with E-state index in [0.717, 1.165) is 16.9 Å². The highest BCUT2D eigenvalue weighted by Gasteiger charge is 2.32. The first-order valence-electron chi connectivity index (χ1n) is 9.99. The van der Waals surface area contributed by atoms with Crippen molar-refractivity contribution < 1.29 is 14.3 Å². The van der Waals surface area contributed by atoms with Gasteiger partial charge in [-0.3, -0.25) is 9.69 Å². The summed E-state index contributed by atoms with van der Waals surface area (Å²) in [5.74, 6) is 1.29. The number of carbonyl (C=O) groups excluding carboxylic acids is 1. The molecule has 3 aromatic carbocycles. The lowest BCUT2D eigenvalue weighted by Gasteiger charge is -2.14. The quantitative estimate of drug-likeness (QED) is 0.217. The van der Waals surface area contributed by atoms with Crippen LogP contribution in [0, 0.1) is 0 Å². The Kier molecular flexibility index (Phi) is 7.47. The molecule has 0 spiro atoms. The Hall–Kier alpha value is -2.80. The lowest BCUT2D eigenvalue weighted by molar-refractivity contribution is -0.122. The fraction of sp³-hybridized carbons (Fsp3) is 0.120. The number of carbonyl (C=O) groups is 1. The standard InChI is InChI=1S/C25H20ClNO3S2/c26-20-11-12-22(30-14-13-29-21-9-5-2-6-10-21)19(15-20)16-23-24(28)27(25(31)32-23)17-18-7-3-1-4-8-18/h1-12,15-16H,13-14,17H2. The topological polar surface area (TPSA) is 38.8 Å². The van der Waals surface area contributed by atoms with Gasteiger partial charge in [-0.05, 0) is 42.0 Å². The SMILES string of the molecule is O=C1C(=Cc2cc(Cl)ccc2OCCOc2ccccc2)SC(=S)N1Cc1ccccc1. The number of rotatable bonds is 8. The molecule has 1 fully saturated rings. The number of nitrogens with zero attached hydrogens (tertiary/aromatic N) is 1. The zero-order valence-corrected chi connectivity index (χ0v) is 19.5. The molecule has 0 aromatic heterocycles. The third-order valence-electron chi connectivity index (χ3n) is 4.67. The summed E-state index contributed by atoms with van der Waals surface area (Å²) in [4.78, 5) is 15.1. The second-order valence-corrected chi connectivity index (χ2v) is 9.06. The second-order valence-electron chi connectivity index (χ2n) is 6.95. The Morgan fingerprint density at radius 2 is 1.62 bits per heavy atom. The lowest BCUT2D eigenvalue weighted by Crippen LogP contribution is -2.27. The predicted molar refractivity (Wildman–Crippen MR) is 134 cm³/mol. The van der Waals surface area contributed by atoms with Crippen LogP contribution in [0.4, 0.5) is 0 Å². The number of para-hydroxylation sites is 1. The van der Waals surface area contributed by atoms with Gasteiger partial charge in [-0.15, -0.1) is 0 Å². The monoisotopic (exact) mass is 481 g/mol. The van der Waals surface area contributed by atoms with Gasteiger partial charge in [0.25, 0.3) is 5.91 Å². The molecule has 32 heavy (non-hydrogen) atoms. The lowest BCUT2D eigenvalue weighted by atomic mass is 10.1. The summed E-state index contributed by atoms with van der Waals surface area (Å²) in [5.41, 5.74) is 1.74. The Labute approximate surface area is 201 Å². The van der Waals surface area contributed by atoms with Gasteiger partial charge in [0.2, 0.25) is 0 Å². The summed E-state index contributed by atoms with van der Waals surface area (Å²) in [6.45, 7) is 1.19. The Bertz CT molecular complexity index is 1140. The van der Waals surface area contributed by atoms with Gasteiger partial charge in [-0.1, -0.05) is 84.1 Å². The third kappa shape index (κ3) is 5.71. The summed E-state index contributed by atoms with van der Waals surface area (Å²) in [6, 6.07) is 24.7. The van der Waals surface area contributed by atoms with Crippen molar-refractivity contribution >= 4 is 51.9 Å². The van der Waals surface area contributed by atoms with E-state index in [4.69, 9.17) is 33.3 Å². The van der Waals surface area contributed by atoms with Crippen LogP contribution in [0.5, 0.6) is 11.5 Å². The average molecular weight is 482 g/mol. The summed E-state index contributed by atoms with van der Waals surface area (Å²) in [6.07, 6.45) is 1.78. The van der Waals surface area contributed by atoms with E-state index in [0.29, 0.717) is 39.8 Å². The number of ether oxygens (including phenoxy) is 2. The van der Waals surface area contributed by atoms with E-state index >= 15 is 0 Å². The van der Waals surface area contributed by atoms with E-state index in [1.165, 1.54) is 11.8 Å². The highest BCUT2D eigenvalue weighted by molar-refractivity contribution is 8.26. The molecule has 0 saturated carbocycles. The van der Waals surface area contributed by atoms with Crippen LogP contribution in [-0.4, -0.2) is 28.3 Å². The van der Waals surface area contributed by atoms with Crippen LogP contribution in [0.15, 0.2) is 83.8 Å². The summed E-state index contributed by atoms with van der Waals surface area (Å²) in [7, 11) is 0. The highest BCUT2D eigenvalue weighted by Crippen LogP contribution is 2.35. The van der Waals surface area contributed by atoms with E-state index < -0.39 is 0 Å². The maximum atomic E-state index is 13.0. The first-order chi connectivity index (χ1) is 15.6. The number of hydrogen-bond acceptors (Lipinski definition) is 5. The molecule has 1 aliphatic rings. The predicted octanol–water partition coefficient (Wildman–Crippen LogP) is 6.20. The average Bonchev–Trinajstić information content (AvgIpc) is 3.06. The van der Waals surface area contributed by atoms with Crippen LogP contribution in [-0.2, 0) is 11.3 Å². The van der Waals surface area contributed by atoms with Gasteiger partial charge < -0.3 is 9.47 Å². The smallest absolute Gasteiger partial charge is 0.266 e. The minimum absolute atomic E-state index is 0.123. The van der Waals surface area contributed by atoms with E-state index in [1.807, 2.05) is 60.7 Å². The van der Waals surface area contributed by atoms with Gasteiger partial charge in [-0.2, -0.15) is 0 Å². The summed E-state index contributed by atoms with van der Waals surface area (Å²) < 4.78 is 12.1. The zero-order valence-electron chi connectivity index (χ0n) is 17.1. The zero-order chi connectivity index (χ0) is 22.3. The van der Waals surface area contributed by atoms with Crippen molar-refractivity contribution in [1.82, 2.24) is 4.90 Å². The summed E-state index contributed by atoms with van der Waals surface area (Å²) >= 11 is 12.9. The molecule has 1 heterocycles. The second kappa shape index (κ2) is 10.7. The van der Waals surface area contributed by atoms with Crippen molar-refractivity contribution in [3.05, 3.63) is 99.9 Å². The third-order valence-corrected chi connectivity index (χ3v) is 6.28. The van der Waals surface area contributed by atoms with Crippen LogP contribution in [0.3, 0.4) is 0 Å². The van der Waals surface area contributed by atoms with Gasteiger partial charge in [0.15, 0.2) is 0 Å². The van der Waals surface area contributed by atoms with E-state index in [-0.39, 0.29) is 5.91 Å². The molecule has 0 radical (unpaired) electrons. The van der Waals surface area contributed by atoms with Crippen LogP contribution in [0.25, 0.3) is 6.08 Å². The fourth-order valence-electron chi connectivity index (χ4n) is 3.13. The van der Waals surface area contributed by atoms with E-state index in [2.05, 4.69) is 0 Å². The molecule has 7 heteroatoms. The number of thioether (sulfide) groups is 1. The molecule has 4 nitrogen and oxygen atoms in total. The maximum absolute atomic E-state index is 13.0. The largest absolute Gasteiger partial charge is 0.490 e. The van der Waals surface area contributed by atoms with Crippen LogP contribution in [0.1, 0.15) is 11.1 Å². The van der Waals surface area contributed by atoms with Crippen LogP contribution in [0.2, 0.25) is 5.02 Å². The molecule has 0 unspecified atom stereocenters. The molecular weight excluding hydrogens is 462 g/mol. The first kappa shape index (κ1) is 22.4. The Balaban J connectivity index is 1.45. The van der Waals surface area contributed by atoms with Crippen molar-refractivity contribution in [3.8, 4) is 11.5 Å². The van der Waals surface area contributed by atoms with Gasteiger partial charge in [0, 0.05) is 10.6 Å². The number of amides is 1. The molecule has 0 aliphatic carbocycles. The van der Waals surface area contributed by atoms with Gasteiger partial charge in [0.1, 0.15) is 29.0 Å². The molecule has 3 aromatic rings. The van der Waals surface area contributed by atoms with Crippen LogP contribution < -0.4 is 9.47 Å². The number of thiocarbonyl (C=S) groups is 1. The molecule has 1 saturated heterocycles. The molecule has 0 N–H and O–H groups in total. The van der Waals surface area contributed by atoms with Gasteiger partial charge in [-0.25, -0.2) is 0 Å². The Morgan fingerprint density at radius 1 is 0.938 bits per heavy atom. The molecule has 0 atom stereocenters. The van der Waals surface area contributed by atoms with Crippen molar-refractivity contribution in [2.24, 2.45) is 0 Å².